The van der Waals surface area contributed by atoms with Crippen LogP contribution in [-0.2, 0) is 24.1 Å². The number of hydrogen-bond donors (Lipinski definition) is 3. The van der Waals surface area contributed by atoms with E-state index in [0.717, 1.165) is 41.9 Å². The number of anilines is 2. The third-order valence-electron chi connectivity index (χ3n) is 4.29. The van der Waals surface area contributed by atoms with E-state index in [9.17, 15) is 9.59 Å². The van der Waals surface area contributed by atoms with Crippen LogP contribution in [-0.4, -0.2) is 38.9 Å². The maximum atomic E-state index is 12.1. The monoisotopic (exact) mass is 439 g/mol. The Morgan fingerprint density at radius 3 is 2.45 bits per heavy atom. The Morgan fingerprint density at radius 1 is 0.903 bits per heavy atom. The van der Waals surface area contributed by atoms with Crippen LogP contribution in [0.3, 0.4) is 0 Å². The van der Waals surface area contributed by atoms with E-state index in [1.54, 1.807) is 6.07 Å². The number of hydrogen-bond acceptors (Lipinski definition) is 7. The van der Waals surface area contributed by atoms with Crippen molar-refractivity contribution in [2.75, 3.05) is 17.2 Å². The Hall–Kier alpha value is -3.40. The molecular weight excluding hydrogens is 414 g/mol. The molecule has 1 aromatic carbocycles. The number of aromatic nitrogens is 4. The van der Waals surface area contributed by atoms with Crippen LogP contribution in [0.2, 0.25) is 0 Å². The summed E-state index contributed by atoms with van der Waals surface area (Å²) < 4.78 is 0. The number of carbonyl (C=O) groups excluding carboxylic acids is 2. The summed E-state index contributed by atoms with van der Waals surface area (Å²) in [6.45, 7) is 2.41. The quantitative estimate of drug-likeness (QED) is 0.417. The zero-order chi connectivity index (χ0) is 21.9. The van der Waals surface area contributed by atoms with Crippen LogP contribution in [0, 0.1) is 0 Å². The molecule has 0 saturated heterocycles. The Morgan fingerprint density at radius 2 is 1.71 bits per heavy atom. The minimum absolute atomic E-state index is 0.119. The highest BCUT2D eigenvalue weighted by atomic mass is 32.1. The summed E-state index contributed by atoms with van der Waals surface area (Å²) in [4.78, 5) is 23.6. The van der Waals surface area contributed by atoms with Crippen LogP contribution in [0.25, 0.3) is 0 Å². The lowest BCUT2D eigenvalue weighted by Crippen LogP contribution is -2.28. The second-order valence-electron chi connectivity index (χ2n) is 6.81. The molecular formula is C21H25N7O2S. The van der Waals surface area contributed by atoms with Gasteiger partial charge in [-0.15, -0.1) is 15.3 Å². The molecule has 0 spiro atoms. The number of nitrogens with one attached hydrogen (secondary N) is 3. The van der Waals surface area contributed by atoms with E-state index in [1.165, 1.54) is 11.3 Å². The van der Waals surface area contributed by atoms with E-state index in [1.807, 2.05) is 43.3 Å². The van der Waals surface area contributed by atoms with Crippen LogP contribution < -0.4 is 16.0 Å². The fourth-order valence-electron chi connectivity index (χ4n) is 2.82. The van der Waals surface area contributed by atoms with Crippen molar-refractivity contribution in [2.45, 2.75) is 39.0 Å². The van der Waals surface area contributed by atoms with Gasteiger partial charge >= 0.3 is 6.03 Å². The standard InChI is InChI=1S/C21H25N7O2S/c1-2-22-20(30)24-21-28-27-19(31-21)11-7-6-10-16-12-13-17(26-25-16)23-18(29)14-15-8-4-3-5-9-15/h3-5,8-9,12-13H,2,6-7,10-11,14H2,1H3,(H,23,26,29)(H2,22,24,28,30). The van der Waals surface area contributed by atoms with E-state index in [0.29, 0.717) is 23.9 Å². The Balaban J connectivity index is 1.36. The molecule has 0 bridgehead atoms. The topological polar surface area (TPSA) is 122 Å². The molecule has 2 aromatic heterocycles. The van der Waals surface area contributed by atoms with Gasteiger partial charge in [0, 0.05) is 13.0 Å². The molecule has 0 radical (unpaired) electrons. The van der Waals surface area contributed by atoms with Crippen LogP contribution in [0.4, 0.5) is 15.7 Å². The molecule has 0 fully saturated rings. The van der Waals surface area contributed by atoms with Gasteiger partial charge < -0.3 is 10.6 Å². The first-order chi connectivity index (χ1) is 15.1. The lowest BCUT2D eigenvalue weighted by molar-refractivity contribution is -0.115. The Kier molecular flexibility index (Phi) is 8.41. The fourth-order valence-corrected chi connectivity index (χ4v) is 3.59. The Labute approximate surface area is 184 Å². The lowest BCUT2D eigenvalue weighted by atomic mass is 10.1. The van der Waals surface area contributed by atoms with Crippen LogP contribution in [0.15, 0.2) is 42.5 Å². The van der Waals surface area contributed by atoms with Gasteiger partial charge in [0.15, 0.2) is 5.82 Å². The predicted molar refractivity (Wildman–Crippen MR) is 120 cm³/mol. The summed E-state index contributed by atoms with van der Waals surface area (Å²) in [5.41, 5.74) is 1.82. The molecule has 9 nitrogen and oxygen atoms in total. The number of carbonyl (C=O) groups is 2. The summed E-state index contributed by atoms with van der Waals surface area (Å²) in [7, 11) is 0. The Bertz CT molecular complexity index is 977. The summed E-state index contributed by atoms with van der Waals surface area (Å²) in [6.07, 6.45) is 3.72. The van der Waals surface area contributed by atoms with Gasteiger partial charge in [0.05, 0.1) is 12.1 Å². The van der Waals surface area contributed by atoms with Gasteiger partial charge in [-0.2, -0.15) is 5.10 Å². The normalized spacial score (nSPS) is 10.5. The van der Waals surface area contributed by atoms with Crippen molar-refractivity contribution in [3.05, 3.63) is 58.7 Å². The van der Waals surface area contributed by atoms with Crippen molar-refractivity contribution in [2.24, 2.45) is 0 Å². The average molecular weight is 440 g/mol. The van der Waals surface area contributed by atoms with Gasteiger partial charge in [-0.05, 0) is 43.9 Å². The van der Waals surface area contributed by atoms with Gasteiger partial charge in [0.1, 0.15) is 5.01 Å². The number of benzene rings is 1. The van der Waals surface area contributed by atoms with Crippen LogP contribution in [0.1, 0.15) is 36.0 Å². The average Bonchev–Trinajstić information content (AvgIpc) is 3.20. The van der Waals surface area contributed by atoms with Crippen molar-refractivity contribution in [1.82, 2.24) is 25.7 Å². The lowest BCUT2D eigenvalue weighted by Gasteiger charge is -2.05. The second-order valence-corrected chi connectivity index (χ2v) is 7.88. The third-order valence-corrected chi connectivity index (χ3v) is 5.19. The molecule has 31 heavy (non-hydrogen) atoms. The molecule has 0 atom stereocenters. The molecule has 0 aliphatic heterocycles. The number of unbranched alkanes of at least 4 members (excludes halogenated alkanes) is 1. The minimum Gasteiger partial charge on any atom is -0.338 e. The predicted octanol–water partition coefficient (Wildman–Crippen LogP) is 3.22. The van der Waals surface area contributed by atoms with E-state index in [2.05, 4.69) is 36.3 Å². The van der Waals surface area contributed by atoms with E-state index < -0.39 is 0 Å². The summed E-state index contributed by atoms with van der Waals surface area (Å²) in [6, 6.07) is 12.9. The number of aryl methyl sites for hydroxylation is 2. The van der Waals surface area contributed by atoms with Crippen molar-refractivity contribution < 1.29 is 9.59 Å². The smallest absolute Gasteiger partial charge is 0.321 e. The van der Waals surface area contributed by atoms with E-state index in [4.69, 9.17) is 0 Å². The van der Waals surface area contributed by atoms with Gasteiger partial charge in [-0.1, -0.05) is 41.7 Å². The van der Waals surface area contributed by atoms with Crippen molar-refractivity contribution in [3.63, 3.8) is 0 Å². The molecule has 10 heteroatoms. The van der Waals surface area contributed by atoms with Crippen molar-refractivity contribution in [1.29, 1.82) is 0 Å². The van der Waals surface area contributed by atoms with Gasteiger partial charge in [-0.3, -0.25) is 10.1 Å². The highest BCUT2D eigenvalue weighted by Crippen LogP contribution is 2.17. The first-order valence-corrected chi connectivity index (χ1v) is 11.0. The first-order valence-electron chi connectivity index (χ1n) is 10.2. The van der Waals surface area contributed by atoms with Gasteiger partial charge in [0.25, 0.3) is 0 Å². The maximum Gasteiger partial charge on any atom is 0.321 e. The van der Waals surface area contributed by atoms with Crippen molar-refractivity contribution >= 4 is 34.2 Å². The van der Waals surface area contributed by atoms with Gasteiger partial charge in [0.2, 0.25) is 11.0 Å². The second kappa shape index (κ2) is 11.7. The molecule has 0 saturated carbocycles. The van der Waals surface area contributed by atoms with E-state index in [-0.39, 0.29) is 11.9 Å². The summed E-state index contributed by atoms with van der Waals surface area (Å²) >= 11 is 1.38. The molecule has 0 aliphatic rings. The first kappa shape index (κ1) is 22.3. The van der Waals surface area contributed by atoms with E-state index >= 15 is 0 Å². The number of rotatable bonds is 10. The molecule has 3 rings (SSSR count). The molecule has 3 N–H and O–H groups in total. The molecule has 3 amide bonds. The molecule has 0 unspecified atom stereocenters. The zero-order valence-electron chi connectivity index (χ0n) is 17.3. The molecule has 3 aromatic rings. The number of nitrogens with zero attached hydrogens (tertiary/aromatic N) is 4. The zero-order valence-corrected chi connectivity index (χ0v) is 18.1. The molecule has 2 heterocycles. The highest BCUT2D eigenvalue weighted by molar-refractivity contribution is 7.15. The summed E-state index contributed by atoms with van der Waals surface area (Å²) in [5.74, 6) is 0.331. The molecule has 0 aliphatic carbocycles. The number of urea groups is 1. The molecule has 162 valence electrons. The minimum atomic E-state index is -0.275. The largest absolute Gasteiger partial charge is 0.338 e. The van der Waals surface area contributed by atoms with Crippen LogP contribution >= 0.6 is 11.3 Å². The summed E-state index contributed by atoms with van der Waals surface area (Å²) in [5, 5.41) is 25.8. The third kappa shape index (κ3) is 7.74. The fraction of sp³-hybridized carbons (Fsp3) is 0.333. The van der Waals surface area contributed by atoms with Crippen molar-refractivity contribution in [3.8, 4) is 0 Å². The number of amides is 3. The van der Waals surface area contributed by atoms with Gasteiger partial charge in [-0.25, -0.2) is 4.79 Å². The van der Waals surface area contributed by atoms with Crippen LogP contribution in [0.5, 0.6) is 0 Å². The highest BCUT2D eigenvalue weighted by Gasteiger charge is 2.08. The maximum absolute atomic E-state index is 12.1. The SMILES string of the molecule is CCNC(=O)Nc1nnc(CCCCc2ccc(NC(=O)Cc3ccccc3)nn2)s1.